The van der Waals surface area contributed by atoms with Gasteiger partial charge in [-0.05, 0) is 18.2 Å². The second-order valence-electron chi connectivity index (χ2n) is 3.04. The average Bonchev–Trinajstić information content (AvgIpc) is 2.83. The third-order valence-corrected chi connectivity index (χ3v) is 1.87. The number of aromatic nitrogens is 1. The molecule has 86 valence electrons. The van der Waals surface area contributed by atoms with Gasteiger partial charge in [-0.3, -0.25) is 15.5 Å². The number of nitrogens with one attached hydrogen (secondary N) is 1. The molecule has 0 aliphatic heterocycles. The molecule has 0 saturated heterocycles. The quantitative estimate of drug-likeness (QED) is 0.494. The number of hydrogen-bond donors (Lipinski definition) is 1. The van der Waals surface area contributed by atoms with Gasteiger partial charge in [0.25, 0.3) is 5.69 Å². The second-order valence-corrected chi connectivity index (χ2v) is 3.04. The van der Waals surface area contributed by atoms with E-state index in [1.165, 1.54) is 24.6 Å². The molecule has 0 saturated carbocycles. The minimum Gasteiger partial charge on any atom is -0.463 e. The van der Waals surface area contributed by atoms with Crippen molar-refractivity contribution in [2.75, 3.05) is 5.43 Å². The van der Waals surface area contributed by atoms with E-state index >= 15 is 0 Å². The number of nitrogens with zero attached hydrogens (tertiary/aromatic N) is 3. The Bertz CT molecular complexity index is 519. The van der Waals surface area contributed by atoms with Gasteiger partial charge in [0.1, 0.15) is 17.8 Å². The Morgan fingerprint density at radius 3 is 2.94 bits per heavy atom. The molecule has 7 heteroatoms. The molecule has 0 aromatic carbocycles. The Labute approximate surface area is 95.9 Å². The highest BCUT2D eigenvalue weighted by Crippen LogP contribution is 2.11. The molecule has 0 aliphatic rings. The lowest BCUT2D eigenvalue weighted by Gasteiger charge is -1.97. The van der Waals surface area contributed by atoms with E-state index < -0.39 is 4.92 Å². The first-order valence-electron chi connectivity index (χ1n) is 4.69. The first kappa shape index (κ1) is 10.8. The van der Waals surface area contributed by atoms with E-state index in [1.807, 2.05) is 0 Å². The zero-order chi connectivity index (χ0) is 12.1. The predicted octanol–water partition coefficient (Wildman–Crippen LogP) is 2.03. The summed E-state index contributed by atoms with van der Waals surface area (Å²) in [6, 6.07) is 6.30. The van der Waals surface area contributed by atoms with Crippen LogP contribution in [0.3, 0.4) is 0 Å². The number of anilines is 1. The Hall–Kier alpha value is -2.70. The molecular weight excluding hydrogens is 224 g/mol. The lowest BCUT2D eigenvalue weighted by Crippen LogP contribution is -1.94. The van der Waals surface area contributed by atoms with Gasteiger partial charge in [0.05, 0.1) is 17.4 Å². The normalized spacial score (nSPS) is 10.6. The van der Waals surface area contributed by atoms with Crippen LogP contribution in [0.1, 0.15) is 5.76 Å². The first-order chi connectivity index (χ1) is 8.25. The molecule has 7 nitrogen and oxygen atoms in total. The summed E-state index contributed by atoms with van der Waals surface area (Å²) < 4.78 is 5.02. The molecule has 0 spiro atoms. The average molecular weight is 232 g/mol. The summed E-state index contributed by atoms with van der Waals surface area (Å²) in [5.74, 6) is 1.01. The van der Waals surface area contributed by atoms with E-state index in [2.05, 4.69) is 15.5 Å². The van der Waals surface area contributed by atoms with Crippen LogP contribution < -0.4 is 5.43 Å². The number of hydrazone groups is 1. The summed E-state index contributed by atoms with van der Waals surface area (Å²) in [5.41, 5.74) is 2.56. The molecule has 0 amide bonds. The maximum Gasteiger partial charge on any atom is 0.287 e. The lowest BCUT2D eigenvalue weighted by molar-refractivity contribution is -0.385. The number of furan rings is 1. The molecule has 0 fully saturated rings. The molecule has 0 radical (unpaired) electrons. The van der Waals surface area contributed by atoms with Gasteiger partial charge in [0.2, 0.25) is 0 Å². The smallest absolute Gasteiger partial charge is 0.287 e. The van der Waals surface area contributed by atoms with E-state index in [0.29, 0.717) is 11.6 Å². The van der Waals surface area contributed by atoms with E-state index in [1.54, 1.807) is 12.1 Å². The highest BCUT2D eigenvalue weighted by Gasteiger charge is 2.04. The first-order valence-corrected chi connectivity index (χ1v) is 4.69. The molecule has 17 heavy (non-hydrogen) atoms. The topological polar surface area (TPSA) is 93.6 Å². The van der Waals surface area contributed by atoms with E-state index in [9.17, 15) is 10.1 Å². The second kappa shape index (κ2) is 4.88. The SMILES string of the molecule is O=[N+]([O-])c1ccc(N/N=C/c2ccco2)nc1. The molecule has 2 rings (SSSR count). The van der Waals surface area contributed by atoms with Crippen molar-refractivity contribution in [3.05, 3.63) is 52.6 Å². The van der Waals surface area contributed by atoms with Crippen LogP contribution in [0.5, 0.6) is 0 Å². The molecule has 0 atom stereocenters. The molecule has 2 aromatic rings. The van der Waals surface area contributed by atoms with Gasteiger partial charge in [-0.2, -0.15) is 5.10 Å². The van der Waals surface area contributed by atoms with Gasteiger partial charge >= 0.3 is 0 Å². The van der Waals surface area contributed by atoms with Crippen molar-refractivity contribution in [3.63, 3.8) is 0 Å². The predicted molar refractivity (Wildman–Crippen MR) is 60.8 cm³/mol. The minimum atomic E-state index is -0.511. The fraction of sp³-hybridized carbons (Fsp3) is 0. The maximum atomic E-state index is 10.4. The van der Waals surface area contributed by atoms with Crippen molar-refractivity contribution >= 4 is 17.7 Å². The van der Waals surface area contributed by atoms with Gasteiger partial charge in [-0.1, -0.05) is 0 Å². The van der Waals surface area contributed by atoms with Gasteiger partial charge in [-0.15, -0.1) is 0 Å². The molecule has 1 N–H and O–H groups in total. The van der Waals surface area contributed by atoms with Crippen molar-refractivity contribution in [2.45, 2.75) is 0 Å². The summed E-state index contributed by atoms with van der Waals surface area (Å²) in [6.45, 7) is 0. The van der Waals surface area contributed by atoms with Crippen LogP contribution in [0.25, 0.3) is 0 Å². The number of nitro groups is 1. The van der Waals surface area contributed by atoms with Gasteiger partial charge < -0.3 is 4.42 Å². The highest BCUT2D eigenvalue weighted by molar-refractivity contribution is 5.76. The van der Waals surface area contributed by atoms with Crippen LogP contribution in [0, 0.1) is 10.1 Å². The number of pyridine rings is 1. The minimum absolute atomic E-state index is 0.0643. The van der Waals surface area contributed by atoms with Crippen molar-refractivity contribution in [3.8, 4) is 0 Å². The van der Waals surface area contributed by atoms with Crippen LogP contribution in [-0.2, 0) is 0 Å². The summed E-state index contributed by atoms with van der Waals surface area (Å²) in [7, 11) is 0. The zero-order valence-electron chi connectivity index (χ0n) is 8.61. The van der Waals surface area contributed by atoms with Gasteiger partial charge in [-0.25, -0.2) is 4.98 Å². The summed E-state index contributed by atoms with van der Waals surface area (Å²) in [5, 5.41) is 14.2. The third kappa shape index (κ3) is 2.88. The van der Waals surface area contributed by atoms with Crippen molar-refractivity contribution in [1.29, 1.82) is 0 Å². The van der Waals surface area contributed by atoms with Crippen LogP contribution in [0.4, 0.5) is 11.5 Å². The monoisotopic (exact) mass is 232 g/mol. The van der Waals surface area contributed by atoms with Gasteiger partial charge in [0, 0.05) is 6.07 Å². The molecule has 0 unspecified atom stereocenters. The fourth-order valence-corrected chi connectivity index (χ4v) is 1.09. The fourth-order valence-electron chi connectivity index (χ4n) is 1.09. The standard InChI is InChI=1S/C10H8N4O3/c15-14(16)8-3-4-10(11-6-8)13-12-7-9-2-1-5-17-9/h1-7H,(H,11,13)/b12-7+. The van der Waals surface area contributed by atoms with Crippen LogP contribution in [0.15, 0.2) is 46.2 Å². The summed E-state index contributed by atoms with van der Waals surface area (Å²) in [6.07, 6.45) is 4.17. The Morgan fingerprint density at radius 2 is 2.35 bits per heavy atom. The van der Waals surface area contributed by atoms with Crippen molar-refractivity contribution in [1.82, 2.24) is 4.98 Å². The number of rotatable bonds is 4. The Kier molecular flexibility index (Phi) is 3.10. The Balaban J connectivity index is 1.97. The zero-order valence-corrected chi connectivity index (χ0v) is 8.61. The Morgan fingerprint density at radius 1 is 1.47 bits per heavy atom. The summed E-state index contributed by atoms with van der Waals surface area (Å²) >= 11 is 0. The number of hydrogen-bond acceptors (Lipinski definition) is 6. The van der Waals surface area contributed by atoms with Crippen LogP contribution in [-0.4, -0.2) is 16.1 Å². The van der Waals surface area contributed by atoms with E-state index in [-0.39, 0.29) is 5.69 Å². The molecule has 0 aliphatic carbocycles. The van der Waals surface area contributed by atoms with Gasteiger partial charge in [0.15, 0.2) is 0 Å². The largest absolute Gasteiger partial charge is 0.463 e. The molecule has 2 heterocycles. The highest BCUT2D eigenvalue weighted by atomic mass is 16.6. The van der Waals surface area contributed by atoms with Crippen LogP contribution in [0.2, 0.25) is 0 Å². The van der Waals surface area contributed by atoms with Crippen LogP contribution >= 0.6 is 0 Å². The van der Waals surface area contributed by atoms with E-state index in [4.69, 9.17) is 4.42 Å². The lowest BCUT2D eigenvalue weighted by atomic mass is 10.4. The van der Waals surface area contributed by atoms with Crippen molar-refractivity contribution in [2.24, 2.45) is 5.10 Å². The molecule has 0 bridgehead atoms. The maximum absolute atomic E-state index is 10.4. The molecule has 2 aromatic heterocycles. The molecular formula is C10H8N4O3. The summed E-state index contributed by atoms with van der Waals surface area (Å²) in [4.78, 5) is 13.7. The van der Waals surface area contributed by atoms with E-state index in [0.717, 1.165) is 6.20 Å². The third-order valence-electron chi connectivity index (χ3n) is 1.87. The van der Waals surface area contributed by atoms with Crippen molar-refractivity contribution < 1.29 is 9.34 Å².